The molecule has 1 N–H and O–H groups in total. The van der Waals surface area contributed by atoms with Gasteiger partial charge in [0, 0.05) is 19.1 Å². The lowest BCUT2D eigenvalue weighted by Gasteiger charge is -2.33. The van der Waals surface area contributed by atoms with E-state index in [9.17, 15) is 8.42 Å². The Morgan fingerprint density at radius 3 is 2.53 bits per heavy atom. The van der Waals surface area contributed by atoms with Gasteiger partial charge < -0.3 is 10.2 Å². The normalized spacial score (nSPS) is 24.4. The molecule has 0 aromatic rings. The second-order valence-corrected chi connectivity index (χ2v) is 8.15. The molecule has 0 aliphatic carbocycles. The van der Waals surface area contributed by atoms with Crippen LogP contribution in [-0.4, -0.2) is 57.5 Å². The molecule has 0 bridgehead atoms. The highest BCUT2D eigenvalue weighted by Gasteiger charge is 2.32. The van der Waals surface area contributed by atoms with Crippen LogP contribution in [0.1, 0.15) is 27.2 Å². The largest absolute Gasteiger partial charge is 0.316 e. The van der Waals surface area contributed by atoms with Gasteiger partial charge in [0.15, 0.2) is 9.84 Å². The number of rotatable bonds is 6. The average Bonchev–Trinajstić information content (AvgIpc) is 2.55. The van der Waals surface area contributed by atoms with Gasteiger partial charge in [-0.2, -0.15) is 0 Å². The molecule has 0 radical (unpaired) electrons. The van der Waals surface area contributed by atoms with Crippen LogP contribution in [0.25, 0.3) is 0 Å². The minimum atomic E-state index is -2.77. The maximum Gasteiger partial charge on any atom is 0.151 e. The zero-order valence-electron chi connectivity index (χ0n) is 11.5. The van der Waals surface area contributed by atoms with E-state index < -0.39 is 9.84 Å². The van der Waals surface area contributed by atoms with Gasteiger partial charge >= 0.3 is 0 Å². The minimum Gasteiger partial charge on any atom is -0.316 e. The quantitative estimate of drug-likeness (QED) is 0.767. The first-order valence-electron chi connectivity index (χ1n) is 6.37. The second-order valence-electron chi connectivity index (χ2n) is 5.92. The number of nitrogens with one attached hydrogen (secondary N) is 1. The van der Waals surface area contributed by atoms with Crippen LogP contribution in [0.5, 0.6) is 0 Å². The molecule has 1 fully saturated rings. The summed E-state index contributed by atoms with van der Waals surface area (Å²) in [6, 6.07) is 0.209. The molecule has 17 heavy (non-hydrogen) atoms. The smallest absolute Gasteiger partial charge is 0.151 e. The van der Waals surface area contributed by atoms with Crippen molar-refractivity contribution in [1.29, 1.82) is 0 Å². The highest BCUT2D eigenvalue weighted by Crippen LogP contribution is 2.21. The SMILES string of the molecule is CCNCC(C)(C)CN(C)C1CCS(=O)(=O)C1. The van der Waals surface area contributed by atoms with Crippen molar-refractivity contribution in [3.05, 3.63) is 0 Å². The van der Waals surface area contributed by atoms with Crippen molar-refractivity contribution < 1.29 is 8.42 Å². The van der Waals surface area contributed by atoms with E-state index in [4.69, 9.17) is 0 Å². The lowest BCUT2D eigenvalue weighted by molar-refractivity contribution is 0.168. The van der Waals surface area contributed by atoms with Gasteiger partial charge in [-0.25, -0.2) is 8.42 Å². The lowest BCUT2D eigenvalue weighted by Crippen LogP contribution is -2.43. The van der Waals surface area contributed by atoms with Crippen LogP contribution in [0.3, 0.4) is 0 Å². The fourth-order valence-corrected chi connectivity index (χ4v) is 4.25. The fourth-order valence-electron chi connectivity index (χ4n) is 2.45. The van der Waals surface area contributed by atoms with Crippen LogP contribution in [-0.2, 0) is 9.84 Å². The molecular formula is C12H26N2O2S. The van der Waals surface area contributed by atoms with Crippen LogP contribution in [0.4, 0.5) is 0 Å². The molecule has 102 valence electrons. The van der Waals surface area contributed by atoms with Crippen LogP contribution in [0.15, 0.2) is 0 Å². The molecule has 1 rings (SSSR count). The molecule has 4 nitrogen and oxygen atoms in total. The summed E-state index contributed by atoms with van der Waals surface area (Å²) in [5, 5.41) is 3.36. The standard InChI is InChI=1S/C12H26N2O2S/c1-5-13-9-12(2,3)10-14(4)11-6-7-17(15,16)8-11/h11,13H,5-10H2,1-4H3. The zero-order chi connectivity index (χ0) is 13.1. The molecule has 0 saturated carbocycles. The highest BCUT2D eigenvalue weighted by atomic mass is 32.2. The van der Waals surface area contributed by atoms with Crippen molar-refractivity contribution in [2.45, 2.75) is 33.2 Å². The zero-order valence-corrected chi connectivity index (χ0v) is 12.3. The van der Waals surface area contributed by atoms with E-state index in [1.807, 2.05) is 7.05 Å². The third-order valence-corrected chi connectivity index (χ3v) is 5.11. The molecule has 0 aromatic carbocycles. The summed E-state index contributed by atoms with van der Waals surface area (Å²) >= 11 is 0. The summed E-state index contributed by atoms with van der Waals surface area (Å²) < 4.78 is 22.9. The summed E-state index contributed by atoms with van der Waals surface area (Å²) in [6.07, 6.45) is 0.788. The summed E-state index contributed by atoms with van der Waals surface area (Å²) in [4.78, 5) is 2.21. The highest BCUT2D eigenvalue weighted by molar-refractivity contribution is 7.91. The van der Waals surface area contributed by atoms with E-state index >= 15 is 0 Å². The molecule has 1 saturated heterocycles. The van der Waals surface area contributed by atoms with Gasteiger partial charge in [-0.1, -0.05) is 20.8 Å². The Hall–Kier alpha value is -0.130. The molecule has 1 heterocycles. The van der Waals surface area contributed by atoms with Gasteiger partial charge in [0.2, 0.25) is 0 Å². The van der Waals surface area contributed by atoms with E-state index in [-0.39, 0.29) is 11.5 Å². The molecule has 5 heteroatoms. The molecule has 1 unspecified atom stereocenters. The predicted molar refractivity (Wildman–Crippen MR) is 72.0 cm³/mol. The maximum absolute atomic E-state index is 11.4. The third-order valence-electron chi connectivity index (χ3n) is 3.36. The lowest BCUT2D eigenvalue weighted by atomic mass is 9.92. The Bertz CT molecular complexity index is 338. The van der Waals surface area contributed by atoms with Crippen molar-refractivity contribution in [3.8, 4) is 0 Å². The van der Waals surface area contributed by atoms with E-state index in [1.165, 1.54) is 0 Å². The van der Waals surface area contributed by atoms with Gasteiger partial charge in [-0.05, 0) is 25.4 Å². The van der Waals surface area contributed by atoms with E-state index in [2.05, 4.69) is 31.0 Å². The van der Waals surface area contributed by atoms with Crippen LogP contribution >= 0.6 is 0 Å². The Morgan fingerprint density at radius 2 is 2.06 bits per heavy atom. The molecule has 1 aliphatic heterocycles. The van der Waals surface area contributed by atoms with Crippen molar-refractivity contribution >= 4 is 9.84 Å². The summed E-state index contributed by atoms with van der Waals surface area (Å²) in [5.74, 6) is 0.691. The summed E-state index contributed by atoms with van der Waals surface area (Å²) in [6.45, 7) is 9.41. The molecule has 1 aliphatic rings. The molecule has 0 amide bonds. The monoisotopic (exact) mass is 262 g/mol. The predicted octanol–water partition coefficient (Wildman–Crippen LogP) is 0.741. The van der Waals surface area contributed by atoms with Crippen LogP contribution in [0.2, 0.25) is 0 Å². The molecule has 0 spiro atoms. The number of nitrogens with zero attached hydrogens (tertiary/aromatic N) is 1. The Balaban J connectivity index is 2.46. The summed E-state index contributed by atoms with van der Waals surface area (Å²) in [5.41, 5.74) is 0.178. The van der Waals surface area contributed by atoms with E-state index in [0.29, 0.717) is 11.5 Å². The van der Waals surface area contributed by atoms with Gasteiger partial charge in [-0.3, -0.25) is 0 Å². The topological polar surface area (TPSA) is 49.4 Å². The van der Waals surface area contributed by atoms with Gasteiger partial charge in [-0.15, -0.1) is 0 Å². The van der Waals surface area contributed by atoms with Crippen LogP contribution < -0.4 is 5.32 Å². The molecule has 0 aromatic heterocycles. The fraction of sp³-hybridized carbons (Fsp3) is 1.00. The first-order chi connectivity index (χ1) is 7.76. The Kier molecular flexibility index (Phi) is 4.98. The Morgan fingerprint density at radius 1 is 1.41 bits per heavy atom. The number of hydrogen-bond donors (Lipinski definition) is 1. The van der Waals surface area contributed by atoms with Crippen LogP contribution in [0, 0.1) is 5.41 Å². The van der Waals surface area contributed by atoms with Crippen molar-refractivity contribution in [2.75, 3.05) is 38.2 Å². The van der Waals surface area contributed by atoms with Gasteiger partial charge in [0.1, 0.15) is 0 Å². The van der Waals surface area contributed by atoms with Gasteiger partial charge in [0.05, 0.1) is 11.5 Å². The second kappa shape index (κ2) is 5.67. The first-order valence-corrected chi connectivity index (χ1v) is 8.19. The third kappa shape index (κ3) is 4.94. The minimum absolute atomic E-state index is 0.178. The van der Waals surface area contributed by atoms with E-state index in [1.54, 1.807) is 0 Å². The first kappa shape index (κ1) is 14.9. The van der Waals surface area contributed by atoms with Crippen molar-refractivity contribution in [3.63, 3.8) is 0 Å². The van der Waals surface area contributed by atoms with E-state index in [0.717, 1.165) is 26.1 Å². The molecular weight excluding hydrogens is 236 g/mol. The number of sulfone groups is 1. The molecule has 1 atom stereocenters. The summed E-state index contributed by atoms with van der Waals surface area (Å²) in [7, 11) is -0.729. The van der Waals surface area contributed by atoms with Crippen molar-refractivity contribution in [2.24, 2.45) is 5.41 Å². The Labute approximate surface area is 106 Å². The average molecular weight is 262 g/mol. The number of hydrogen-bond acceptors (Lipinski definition) is 4. The van der Waals surface area contributed by atoms with Crippen molar-refractivity contribution in [1.82, 2.24) is 10.2 Å². The maximum atomic E-state index is 11.4. The van der Waals surface area contributed by atoms with Gasteiger partial charge in [0.25, 0.3) is 0 Å².